The number of benzene rings is 2. The number of hydrogen-bond acceptors (Lipinski definition) is 5. The van der Waals surface area contributed by atoms with Crippen LogP contribution in [0.5, 0.6) is 5.75 Å². The van der Waals surface area contributed by atoms with Crippen molar-refractivity contribution >= 4 is 64.5 Å². The molecule has 0 bridgehead atoms. The summed E-state index contributed by atoms with van der Waals surface area (Å²) in [6, 6.07) is 14.7. The van der Waals surface area contributed by atoms with Crippen molar-refractivity contribution in [3.05, 3.63) is 91.9 Å². The third-order valence-electron chi connectivity index (χ3n) is 6.25. The Morgan fingerprint density at radius 2 is 1.85 bits per heavy atom. The number of H-pyrrole nitrogens is 1. The molecule has 4 aromatic rings. The SMILES string of the molecule is COc1cc(C(=O)NCCCCN(C)C)ccc1[AsH]c1cc(Cc2c(Cl)cccc2Cl)nc2cc[nH]c(=O)c12. The van der Waals surface area contributed by atoms with Gasteiger partial charge >= 0.3 is 245 Å². The monoisotopic (exact) mass is 628 g/mol. The van der Waals surface area contributed by atoms with Gasteiger partial charge in [-0.2, -0.15) is 0 Å². The van der Waals surface area contributed by atoms with E-state index in [1.165, 1.54) is 0 Å². The molecule has 39 heavy (non-hydrogen) atoms. The number of hydrogen-bond donors (Lipinski definition) is 2. The molecule has 7 nitrogen and oxygen atoms in total. The molecule has 0 saturated carbocycles. The average molecular weight is 629 g/mol. The standard InChI is InChI=1S/C29H31AsCl2N4O3/c1-36(2)14-5-4-12-33-28(37)18-9-10-21(26(15-18)39-3)30-22-17-19(16-20-23(31)7-6-8-24(20)32)35-25-11-13-34-29(38)27(22)25/h6-11,13,15,17,30H,4-5,12,14,16H2,1-3H3,(H,33,37)(H,34,38). The quantitative estimate of drug-likeness (QED) is 0.197. The molecule has 2 heterocycles. The summed E-state index contributed by atoms with van der Waals surface area (Å²) in [6.07, 6.45) is 3.97. The molecule has 0 spiro atoms. The first-order chi connectivity index (χ1) is 18.8. The molecule has 1 unspecified atom stereocenters. The Morgan fingerprint density at radius 3 is 2.56 bits per heavy atom. The number of pyridine rings is 2. The topological polar surface area (TPSA) is 87.3 Å². The van der Waals surface area contributed by atoms with Crippen molar-refractivity contribution in [1.82, 2.24) is 20.2 Å². The van der Waals surface area contributed by atoms with Gasteiger partial charge in [-0.3, -0.25) is 0 Å². The van der Waals surface area contributed by atoms with Gasteiger partial charge in [-0.25, -0.2) is 0 Å². The van der Waals surface area contributed by atoms with Crippen molar-refractivity contribution < 1.29 is 9.53 Å². The van der Waals surface area contributed by atoms with Crippen LogP contribution in [0.25, 0.3) is 10.9 Å². The van der Waals surface area contributed by atoms with E-state index in [-0.39, 0.29) is 11.5 Å². The molecule has 1 atom stereocenters. The van der Waals surface area contributed by atoms with Crippen LogP contribution in [0.1, 0.15) is 34.5 Å². The second-order valence-electron chi connectivity index (χ2n) is 9.41. The van der Waals surface area contributed by atoms with Crippen LogP contribution in [0.15, 0.2) is 59.5 Å². The molecule has 0 aliphatic rings. The molecule has 0 aliphatic heterocycles. The Hall–Kier alpha value is -2.83. The third-order valence-corrected chi connectivity index (χ3v) is 9.79. The molecule has 2 aromatic heterocycles. The number of nitrogens with zero attached hydrogens (tertiary/aromatic N) is 2. The zero-order valence-corrected chi connectivity index (χ0v) is 25.7. The van der Waals surface area contributed by atoms with Gasteiger partial charge < -0.3 is 0 Å². The Labute approximate surface area is 244 Å². The first-order valence-electron chi connectivity index (χ1n) is 12.6. The number of carbonyl (C=O) groups excluding carboxylic acids is 1. The minimum atomic E-state index is -1.04. The van der Waals surface area contributed by atoms with Crippen molar-refractivity contribution in [3.8, 4) is 5.75 Å². The summed E-state index contributed by atoms with van der Waals surface area (Å²) in [4.78, 5) is 35.2. The molecule has 0 saturated heterocycles. The normalized spacial score (nSPS) is 11.5. The number of halogens is 2. The van der Waals surface area contributed by atoms with Crippen molar-refractivity contribution in [1.29, 1.82) is 0 Å². The van der Waals surface area contributed by atoms with E-state index in [9.17, 15) is 9.59 Å². The summed E-state index contributed by atoms with van der Waals surface area (Å²) >= 11 is 11.8. The fourth-order valence-electron chi connectivity index (χ4n) is 4.26. The molecule has 0 radical (unpaired) electrons. The van der Waals surface area contributed by atoms with E-state index < -0.39 is 15.8 Å². The van der Waals surface area contributed by atoms with E-state index in [1.54, 1.807) is 43.6 Å². The summed E-state index contributed by atoms with van der Waals surface area (Å²) in [7, 11) is 5.67. The number of fused-ring (bicyclic) bond motifs is 1. The molecule has 2 N–H and O–H groups in total. The molecular weight excluding hydrogens is 598 g/mol. The van der Waals surface area contributed by atoms with Crippen LogP contribution < -0.4 is 24.3 Å². The van der Waals surface area contributed by atoms with Crippen LogP contribution >= 0.6 is 23.2 Å². The van der Waals surface area contributed by atoms with Gasteiger partial charge in [-0.1, -0.05) is 0 Å². The second kappa shape index (κ2) is 13.5. The van der Waals surface area contributed by atoms with E-state index in [0.717, 1.165) is 39.3 Å². The van der Waals surface area contributed by atoms with E-state index in [2.05, 4.69) is 15.2 Å². The number of nitrogens with one attached hydrogen (secondary N) is 2. The van der Waals surface area contributed by atoms with E-state index in [1.807, 2.05) is 32.3 Å². The van der Waals surface area contributed by atoms with Gasteiger partial charge in [-0.05, 0) is 0 Å². The number of carbonyl (C=O) groups is 1. The van der Waals surface area contributed by atoms with E-state index >= 15 is 0 Å². The van der Waals surface area contributed by atoms with Gasteiger partial charge in [0.1, 0.15) is 0 Å². The van der Waals surface area contributed by atoms with Crippen molar-refractivity contribution in [2.75, 3.05) is 34.3 Å². The van der Waals surface area contributed by atoms with Crippen molar-refractivity contribution in [2.24, 2.45) is 0 Å². The zero-order valence-electron chi connectivity index (χ0n) is 22.1. The number of unbranched alkanes of at least 4 members (excludes halogenated alkanes) is 1. The van der Waals surface area contributed by atoms with Crippen LogP contribution in [0.4, 0.5) is 0 Å². The summed E-state index contributed by atoms with van der Waals surface area (Å²) in [6.45, 7) is 1.61. The maximum atomic E-state index is 12.8. The number of rotatable bonds is 11. The van der Waals surface area contributed by atoms with Gasteiger partial charge in [0, 0.05) is 0 Å². The number of ether oxygens (including phenoxy) is 1. The van der Waals surface area contributed by atoms with Gasteiger partial charge in [-0.15, -0.1) is 0 Å². The maximum absolute atomic E-state index is 12.8. The summed E-state index contributed by atoms with van der Waals surface area (Å²) in [5.74, 6) is 0.498. The molecule has 0 aliphatic carbocycles. The van der Waals surface area contributed by atoms with Crippen LogP contribution in [-0.2, 0) is 6.42 Å². The molecule has 10 heteroatoms. The zero-order chi connectivity index (χ0) is 27.9. The predicted octanol–water partition coefficient (Wildman–Crippen LogP) is 3.29. The van der Waals surface area contributed by atoms with Crippen LogP contribution in [0.2, 0.25) is 10.0 Å². The van der Waals surface area contributed by atoms with Gasteiger partial charge in [0.2, 0.25) is 0 Å². The first-order valence-corrected chi connectivity index (χ1v) is 15.4. The Bertz CT molecular complexity index is 1520. The Balaban J connectivity index is 1.61. The molecule has 4 rings (SSSR count). The predicted molar refractivity (Wildman–Crippen MR) is 161 cm³/mol. The Kier molecular flexibility index (Phi) is 10.1. The summed E-state index contributed by atoms with van der Waals surface area (Å²) < 4.78 is 7.57. The van der Waals surface area contributed by atoms with Gasteiger partial charge in [0.15, 0.2) is 0 Å². The van der Waals surface area contributed by atoms with Crippen LogP contribution in [0, 0.1) is 0 Å². The number of aromatic nitrogens is 2. The average Bonchev–Trinajstić information content (AvgIpc) is 2.90. The minimum absolute atomic E-state index is 0.130. The summed E-state index contributed by atoms with van der Waals surface area (Å²) in [5, 5.41) is 4.69. The molecular formula is C29H31AsCl2N4O3. The van der Waals surface area contributed by atoms with E-state index in [0.29, 0.717) is 45.2 Å². The van der Waals surface area contributed by atoms with Crippen LogP contribution in [-0.4, -0.2) is 70.8 Å². The first kappa shape index (κ1) is 29.2. The van der Waals surface area contributed by atoms with Gasteiger partial charge in [0.25, 0.3) is 0 Å². The van der Waals surface area contributed by atoms with Crippen molar-refractivity contribution in [3.63, 3.8) is 0 Å². The molecule has 0 fully saturated rings. The number of aromatic amines is 1. The van der Waals surface area contributed by atoms with Crippen LogP contribution in [0.3, 0.4) is 0 Å². The van der Waals surface area contributed by atoms with E-state index in [4.69, 9.17) is 32.9 Å². The summed E-state index contributed by atoms with van der Waals surface area (Å²) in [5.41, 5.74) is 2.53. The van der Waals surface area contributed by atoms with Gasteiger partial charge in [0.05, 0.1) is 0 Å². The molecule has 2 aromatic carbocycles. The molecule has 204 valence electrons. The third kappa shape index (κ3) is 7.43. The van der Waals surface area contributed by atoms with Crippen molar-refractivity contribution in [2.45, 2.75) is 19.3 Å². The molecule has 1 amide bonds. The Morgan fingerprint density at radius 1 is 1.08 bits per heavy atom. The number of amides is 1. The number of methoxy groups -OCH3 is 1. The second-order valence-corrected chi connectivity index (χ2v) is 13.0. The fourth-order valence-corrected chi connectivity index (χ4v) is 7.64. The fraction of sp³-hybridized carbons (Fsp3) is 0.276.